The van der Waals surface area contributed by atoms with Crippen molar-refractivity contribution in [1.29, 1.82) is 0 Å². The summed E-state index contributed by atoms with van der Waals surface area (Å²) in [4.78, 5) is 8.00. The number of carbonyl (C=O) groups is 1. The van der Waals surface area contributed by atoms with Gasteiger partial charge in [0.1, 0.15) is 6.79 Å². The van der Waals surface area contributed by atoms with E-state index in [2.05, 4.69) is 19.7 Å². The highest BCUT2D eigenvalue weighted by atomic mass is 16.1. The van der Waals surface area contributed by atoms with Gasteiger partial charge in [0.05, 0.1) is 0 Å². The molecule has 0 saturated carbocycles. The number of allylic oxidation sites excluding steroid dienone is 3. The van der Waals surface area contributed by atoms with E-state index in [1.807, 2.05) is 27.6 Å². The zero-order chi connectivity index (χ0) is 9.86. The molecule has 1 heteroatoms. The van der Waals surface area contributed by atoms with Crippen molar-refractivity contribution in [3.63, 3.8) is 0 Å². The summed E-state index contributed by atoms with van der Waals surface area (Å²) in [6, 6.07) is 0. The van der Waals surface area contributed by atoms with Gasteiger partial charge in [0.2, 0.25) is 0 Å². The minimum absolute atomic E-state index is 1.02. The molecule has 0 aliphatic carbocycles. The highest BCUT2D eigenvalue weighted by molar-refractivity contribution is 5.11. The molecule has 0 bridgehead atoms. The molecule has 0 unspecified atom stereocenters. The van der Waals surface area contributed by atoms with Crippen LogP contribution in [0.25, 0.3) is 0 Å². The topological polar surface area (TPSA) is 17.1 Å². The molecule has 1 nitrogen and oxygen atoms in total. The number of rotatable bonds is 1. The Bertz CT molecular complexity index is 119. The third kappa shape index (κ3) is 533. The highest BCUT2D eigenvalue weighted by Crippen LogP contribution is 1.81. The summed E-state index contributed by atoms with van der Waals surface area (Å²) in [6.07, 6.45) is 1.72. The molecular formula is C10H18O. The molecule has 0 fully saturated rings. The third-order valence-electron chi connectivity index (χ3n) is 0.348. The zero-order valence-corrected chi connectivity index (χ0v) is 7.81. The fourth-order valence-electron chi connectivity index (χ4n) is 0. The van der Waals surface area contributed by atoms with Gasteiger partial charge in [-0.15, -0.1) is 6.58 Å². The van der Waals surface area contributed by atoms with E-state index in [-0.39, 0.29) is 0 Å². The Labute approximate surface area is 70.1 Å². The molecule has 0 aromatic heterocycles. The second kappa shape index (κ2) is 16.0. The van der Waals surface area contributed by atoms with Crippen LogP contribution in [-0.4, -0.2) is 6.79 Å². The van der Waals surface area contributed by atoms with Crippen molar-refractivity contribution < 1.29 is 4.79 Å². The summed E-state index contributed by atoms with van der Waals surface area (Å²) >= 11 is 0. The Morgan fingerprint density at radius 1 is 1.09 bits per heavy atom. The third-order valence-corrected chi connectivity index (χ3v) is 0.348. The van der Waals surface area contributed by atoms with E-state index < -0.39 is 0 Å². The molecule has 0 saturated heterocycles. The lowest BCUT2D eigenvalue weighted by Crippen LogP contribution is -1.50. The predicted molar refractivity (Wildman–Crippen MR) is 52.6 cm³/mol. The molecule has 0 aromatic rings. The average molecular weight is 154 g/mol. The maximum absolute atomic E-state index is 8.00. The molecule has 0 aliphatic rings. The van der Waals surface area contributed by atoms with Crippen LogP contribution in [0, 0.1) is 0 Å². The normalized spacial score (nSPS) is 5.73. The van der Waals surface area contributed by atoms with Crippen LogP contribution in [0.4, 0.5) is 0 Å². The smallest absolute Gasteiger partial charge is 0.106 e. The van der Waals surface area contributed by atoms with Crippen LogP contribution in [0.15, 0.2) is 37.0 Å². The van der Waals surface area contributed by atoms with Crippen LogP contribution in [0.3, 0.4) is 0 Å². The predicted octanol–water partition coefficient (Wildman–Crippen LogP) is 3.15. The minimum atomic E-state index is 1.02. The van der Waals surface area contributed by atoms with E-state index in [0.717, 1.165) is 5.57 Å². The minimum Gasteiger partial charge on any atom is -0.307 e. The van der Waals surface area contributed by atoms with E-state index in [1.54, 1.807) is 6.08 Å². The molecule has 0 rings (SSSR count). The maximum Gasteiger partial charge on any atom is 0.106 e. The van der Waals surface area contributed by atoms with Gasteiger partial charge in [-0.05, 0) is 20.8 Å². The quantitative estimate of drug-likeness (QED) is 0.419. The van der Waals surface area contributed by atoms with E-state index in [1.165, 1.54) is 5.57 Å². The number of carbonyl (C=O) groups excluding carboxylic acids is 1. The van der Waals surface area contributed by atoms with Crippen molar-refractivity contribution in [2.45, 2.75) is 20.8 Å². The average Bonchev–Trinajstić information content (AvgIpc) is 1.91. The highest BCUT2D eigenvalue weighted by Gasteiger charge is 1.59. The molecule has 0 spiro atoms. The van der Waals surface area contributed by atoms with Crippen LogP contribution in [-0.2, 0) is 4.79 Å². The van der Waals surface area contributed by atoms with E-state index >= 15 is 0 Å². The van der Waals surface area contributed by atoms with Gasteiger partial charge in [-0.1, -0.05) is 30.4 Å². The van der Waals surface area contributed by atoms with Crippen molar-refractivity contribution in [3.8, 4) is 0 Å². The summed E-state index contributed by atoms with van der Waals surface area (Å²) in [5, 5.41) is 0. The monoisotopic (exact) mass is 154 g/mol. The van der Waals surface area contributed by atoms with Crippen LogP contribution in [0.5, 0.6) is 0 Å². The summed E-state index contributed by atoms with van der Waals surface area (Å²) in [5.41, 5.74) is 2.19. The number of hydrogen-bond donors (Lipinski definition) is 0. The summed E-state index contributed by atoms with van der Waals surface area (Å²) in [7, 11) is 0. The Kier molecular flexibility index (Phi) is 23.9. The van der Waals surface area contributed by atoms with Gasteiger partial charge in [0.25, 0.3) is 0 Å². The van der Waals surface area contributed by atoms with Gasteiger partial charge in [-0.2, -0.15) is 0 Å². The fraction of sp³-hybridized carbons (Fsp3) is 0.300. The molecule has 11 heavy (non-hydrogen) atoms. The van der Waals surface area contributed by atoms with Crippen LogP contribution in [0.2, 0.25) is 0 Å². The van der Waals surface area contributed by atoms with E-state index in [4.69, 9.17) is 4.79 Å². The van der Waals surface area contributed by atoms with Crippen molar-refractivity contribution in [3.05, 3.63) is 37.0 Å². The summed E-state index contributed by atoms with van der Waals surface area (Å²) < 4.78 is 0. The lowest BCUT2D eigenvalue weighted by Gasteiger charge is -1.71. The largest absolute Gasteiger partial charge is 0.307 e. The second-order valence-corrected chi connectivity index (χ2v) is 2.26. The lowest BCUT2D eigenvalue weighted by atomic mass is 10.4. The molecule has 0 heterocycles. The molecule has 0 aromatic carbocycles. The maximum atomic E-state index is 8.00. The van der Waals surface area contributed by atoms with Crippen LogP contribution in [0.1, 0.15) is 20.8 Å². The first-order chi connectivity index (χ1) is 5.00. The second-order valence-electron chi connectivity index (χ2n) is 2.26. The molecule has 0 radical (unpaired) electrons. The zero-order valence-electron chi connectivity index (χ0n) is 7.81. The van der Waals surface area contributed by atoms with Crippen molar-refractivity contribution in [1.82, 2.24) is 0 Å². The van der Waals surface area contributed by atoms with Gasteiger partial charge in [-0.3, -0.25) is 0 Å². The molecule has 0 atom stereocenters. The Morgan fingerprint density at radius 3 is 1.18 bits per heavy atom. The molecule has 64 valence electrons. The standard InChI is InChI=1S/C5H8.C4H8.CH2O/c1-4-5(2)3;1-4(2)3;1-2/h4H,1-2H2,3H3;1H2,2-3H3;1H2. The number of hydrogen-bond acceptors (Lipinski definition) is 1. The lowest BCUT2D eigenvalue weighted by molar-refractivity contribution is -0.0979. The summed E-state index contributed by atoms with van der Waals surface area (Å²) in [6.45, 7) is 18.4. The first-order valence-corrected chi connectivity index (χ1v) is 3.19. The van der Waals surface area contributed by atoms with Crippen molar-refractivity contribution in [2.75, 3.05) is 0 Å². The molecule has 0 amide bonds. The summed E-state index contributed by atoms with van der Waals surface area (Å²) in [5.74, 6) is 0. The SMILES string of the molecule is C=C(C)C.C=CC(=C)C.C=O. The molecule has 0 N–H and O–H groups in total. The van der Waals surface area contributed by atoms with Gasteiger partial charge in [0, 0.05) is 0 Å². The van der Waals surface area contributed by atoms with Crippen molar-refractivity contribution >= 4 is 6.79 Å². The van der Waals surface area contributed by atoms with Crippen LogP contribution < -0.4 is 0 Å². The fourth-order valence-corrected chi connectivity index (χ4v) is 0. The van der Waals surface area contributed by atoms with Gasteiger partial charge < -0.3 is 4.79 Å². The van der Waals surface area contributed by atoms with E-state index in [9.17, 15) is 0 Å². The van der Waals surface area contributed by atoms with Gasteiger partial charge in [0.15, 0.2) is 0 Å². The first-order valence-electron chi connectivity index (χ1n) is 3.19. The van der Waals surface area contributed by atoms with Crippen molar-refractivity contribution in [2.24, 2.45) is 0 Å². The molecular weight excluding hydrogens is 136 g/mol. The first kappa shape index (κ1) is 16.5. The van der Waals surface area contributed by atoms with Gasteiger partial charge in [-0.25, -0.2) is 0 Å². The molecule has 0 aliphatic heterocycles. The van der Waals surface area contributed by atoms with Gasteiger partial charge >= 0.3 is 0 Å². The van der Waals surface area contributed by atoms with Crippen LogP contribution >= 0.6 is 0 Å². The van der Waals surface area contributed by atoms with E-state index in [0.29, 0.717) is 0 Å². The Hall–Kier alpha value is -1.11. The Morgan fingerprint density at radius 2 is 1.18 bits per heavy atom. The Balaban J connectivity index is -0.0000000965.